The number of aromatic nitrogens is 5. The Kier molecular flexibility index (Phi) is 4.61. The number of rotatable bonds is 5. The molecule has 0 radical (unpaired) electrons. The van der Waals surface area contributed by atoms with Crippen LogP contribution in [0.25, 0.3) is 11.3 Å². The van der Waals surface area contributed by atoms with Crippen LogP contribution in [0.4, 0.5) is 17.7 Å². The van der Waals surface area contributed by atoms with Gasteiger partial charge < -0.3 is 19.7 Å². The Morgan fingerprint density at radius 3 is 2.73 bits per heavy atom. The topological polar surface area (TPSA) is 101 Å². The van der Waals surface area contributed by atoms with Crippen molar-refractivity contribution in [1.29, 1.82) is 0 Å². The molecule has 0 saturated carbocycles. The van der Waals surface area contributed by atoms with Gasteiger partial charge in [-0.15, -0.1) is 0 Å². The van der Waals surface area contributed by atoms with Crippen LogP contribution in [0.1, 0.15) is 0 Å². The molecule has 9 nitrogen and oxygen atoms in total. The Morgan fingerprint density at radius 1 is 1.15 bits per heavy atom. The number of methoxy groups -OCH3 is 1. The molecule has 3 aromatic rings. The smallest absolute Gasteiger partial charge is 0.233 e. The van der Waals surface area contributed by atoms with Gasteiger partial charge >= 0.3 is 0 Å². The van der Waals surface area contributed by atoms with Crippen LogP contribution < -0.4 is 15.0 Å². The van der Waals surface area contributed by atoms with Crippen molar-refractivity contribution in [2.75, 3.05) is 43.6 Å². The molecule has 1 aromatic carbocycles. The highest BCUT2D eigenvalue weighted by molar-refractivity contribution is 5.65. The first kappa shape index (κ1) is 16.3. The lowest BCUT2D eigenvalue weighted by Crippen LogP contribution is -2.37. The number of nitrogens with zero attached hydrogens (tertiary/aromatic N) is 5. The zero-order chi connectivity index (χ0) is 17.8. The van der Waals surface area contributed by atoms with Crippen LogP contribution in [-0.4, -0.2) is 58.6 Å². The van der Waals surface area contributed by atoms with Crippen molar-refractivity contribution in [2.45, 2.75) is 0 Å². The van der Waals surface area contributed by atoms with Crippen molar-refractivity contribution >= 4 is 17.7 Å². The van der Waals surface area contributed by atoms with Gasteiger partial charge in [0.05, 0.1) is 26.0 Å². The summed E-state index contributed by atoms with van der Waals surface area (Å²) in [5, 5.41) is 10.4. The predicted molar refractivity (Wildman–Crippen MR) is 96.7 cm³/mol. The Morgan fingerprint density at radius 2 is 1.96 bits per heavy atom. The van der Waals surface area contributed by atoms with E-state index in [2.05, 4.69) is 35.4 Å². The highest BCUT2D eigenvalue weighted by Crippen LogP contribution is 2.23. The first-order valence-corrected chi connectivity index (χ1v) is 8.30. The fraction of sp³-hybridized carbons (Fsp3) is 0.294. The number of anilines is 3. The number of aromatic amines is 1. The summed E-state index contributed by atoms with van der Waals surface area (Å²) in [7, 11) is 1.65. The van der Waals surface area contributed by atoms with Gasteiger partial charge in [0.25, 0.3) is 0 Å². The molecule has 1 saturated heterocycles. The Bertz CT molecular complexity index is 860. The number of nitrogens with one attached hydrogen (secondary N) is 2. The Balaban J connectivity index is 1.48. The minimum absolute atomic E-state index is 0.453. The molecule has 9 heteroatoms. The van der Waals surface area contributed by atoms with Gasteiger partial charge in [-0.25, -0.2) is 9.97 Å². The van der Waals surface area contributed by atoms with Crippen LogP contribution in [0.3, 0.4) is 0 Å². The van der Waals surface area contributed by atoms with E-state index in [-0.39, 0.29) is 0 Å². The second-order valence-electron chi connectivity index (χ2n) is 5.73. The molecule has 0 amide bonds. The van der Waals surface area contributed by atoms with Gasteiger partial charge in [0.2, 0.25) is 11.9 Å². The molecule has 0 aliphatic carbocycles. The van der Waals surface area contributed by atoms with Gasteiger partial charge in [-0.05, 0) is 29.8 Å². The number of H-pyrrole nitrogens is 1. The average molecular weight is 353 g/mol. The molecule has 3 heterocycles. The quantitative estimate of drug-likeness (QED) is 0.717. The lowest BCUT2D eigenvalue weighted by atomic mass is 10.1. The zero-order valence-electron chi connectivity index (χ0n) is 14.3. The maximum absolute atomic E-state index is 5.36. The number of morpholine rings is 1. The van der Waals surface area contributed by atoms with Gasteiger partial charge in [-0.3, -0.25) is 5.10 Å². The number of benzene rings is 1. The third-order valence-electron chi connectivity index (χ3n) is 4.07. The van der Waals surface area contributed by atoms with Gasteiger partial charge in [0, 0.05) is 19.2 Å². The normalized spacial score (nSPS) is 14.3. The highest BCUT2D eigenvalue weighted by Gasteiger charge is 2.15. The largest absolute Gasteiger partial charge is 0.497 e. The van der Waals surface area contributed by atoms with Crippen LogP contribution >= 0.6 is 0 Å². The first-order chi connectivity index (χ1) is 12.8. The van der Waals surface area contributed by atoms with Crippen molar-refractivity contribution in [3.8, 4) is 17.0 Å². The Labute approximate surface area is 150 Å². The van der Waals surface area contributed by atoms with E-state index in [9.17, 15) is 0 Å². The average Bonchev–Trinajstić information content (AvgIpc) is 3.17. The molecule has 2 N–H and O–H groups in total. The predicted octanol–water partition coefficient (Wildman–Crippen LogP) is 1.85. The van der Waals surface area contributed by atoms with Crippen LogP contribution in [0.2, 0.25) is 0 Å². The van der Waals surface area contributed by atoms with Crippen molar-refractivity contribution < 1.29 is 9.47 Å². The molecular formula is C17H19N7O2. The summed E-state index contributed by atoms with van der Waals surface area (Å²) in [6.45, 7) is 2.90. The summed E-state index contributed by atoms with van der Waals surface area (Å²) in [6, 6.07) is 9.65. The van der Waals surface area contributed by atoms with E-state index >= 15 is 0 Å². The fourth-order valence-electron chi connectivity index (χ4n) is 2.68. The van der Waals surface area contributed by atoms with E-state index in [4.69, 9.17) is 9.47 Å². The number of ether oxygens (including phenoxy) is 2. The van der Waals surface area contributed by atoms with Crippen LogP contribution in [0.5, 0.6) is 5.75 Å². The molecule has 1 aliphatic heterocycles. The number of hydrogen-bond acceptors (Lipinski definition) is 8. The molecule has 2 aromatic heterocycles. The molecule has 4 rings (SSSR count). The third-order valence-corrected chi connectivity index (χ3v) is 4.07. The standard InChI is InChI=1S/C17H19N7O2/c1-25-13-4-2-12(3-5-13)14-10-15(23-22-14)20-16-18-11-19-17(21-16)24-6-8-26-9-7-24/h2-5,10-11H,6-9H2,1H3,(H2,18,19,20,21,22,23). The van der Waals surface area contributed by atoms with Crippen molar-refractivity contribution in [2.24, 2.45) is 0 Å². The minimum Gasteiger partial charge on any atom is -0.497 e. The minimum atomic E-state index is 0.453. The van der Waals surface area contributed by atoms with E-state index in [0.717, 1.165) is 30.1 Å². The third kappa shape index (κ3) is 3.57. The van der Waals surface area contributed by atoms with Gasteiger partial charge in [0.1, 0.15) is 12.1 Å². The van der Waals surface area contributed by atoms with Crippen LogP contribution in [0.15, 0.2) is 36.7 Å². The van der Waals surface area contributed by atoms with Crippen molar-refractivity contribution in [3.05, 3.63) is 36.7 Å². The van der Waals surface area contributed by atoms with E-state index in [0.29, 0.717) is 30.9 Å². The molecular weight excluding hydrogens is 334 g/mol. The van der Waals surface area contributed by atoms with Crippen molar-refractivity contribution in [3.63, 3.8) is 0 Å². The highest BCUT2D eigenvalue weighted by atomic mass is 16.5. The van der Waals surface area contributed by atoms with E-state index < -0.39 is 0 Å². The van der Waals surface area contributed by atoms with Gasteiger partial charge in [-0.1, -0.05) is 0 Å². The fourth-order valence-corrected chi connectivity index (χ4v) is 2.68. The van der Waals surface area contributed by atoms with Gasteiger partial charge in [0.15, 0.2) is 5.82 Å². The van der Waals surface area contributed by atoms with Gasteiger partial charge in [-0.2, -0.15) is 10.1 Å². The lowest BCUT2D eigenvalue weighted by Gasteiger charge is -2.26. The summed E-state index contributed by atoms with van der Waals surface area (Å²) in [4.78, 5) is 15.0. The van der Waals surface area contributed by atoms with E-state index in [1.807, 2.05) is 30.3 Å². The molecule has 0 bridgehead atoms. The summed E-state index contributed by atoms with van der Waals surface area (Å²) >= 11 is 0. The molecule has 0 spiro atoms. The molecule has 134 valence electrons. The van der Waals surface area contributed by atoms with Crippen LogP contribution in [-0.2, 0) is 4.74 Å². The maximum atomic E-state index is 5.36. The second kappa shape index (κ2) is 7.36. The summed E-state index contributed by atoms with van der Waals surface area (Å²) < 4.78 is 10.5. The van der Waals surface area contributed by atoms with E-state index in [1.165, 1.54) is 6.33 Å². The summed E-state index contributed by atoms with van der Waals surface area (Å²) in [5.41, 5.74) is 1.90. The molecule has 0 atom stereocenters. The number of hydrogen-bond donors (Lipinski definition) is 2. The monoisotopic (exact) mass is 353 g/mol. The lowest BCUT2D eigenvalue weighted by molar-refractivity contribution is 0.122. The maximum Gasteiger partial charge on any atom is 0.233 e. The van der Waals surface area contributed by atoms with Crippen molar-refractivity contribution in [1.82, 2.24) is 25.1 Å². The summed E-state index contributed by atoms with van der Waals surface area (Å²) in [6.07, 6.45) is 1.50. The van der Waals surface area contributed by atoms with E-state index in [1.54, 1.807) is 7.11 Å². The zero-order valence-corrected chi connectivity index (χ0v) is 14.3. The molecule has 1 aliphatic rings. The molecule has 1 fully saturated rings. The first-order valence-electron chi connectivity index (χ1n) is 8.30. The summed E-state index contributed by atoms with van der Waals surface area (Å²) in [5.74, 6) is 2.54. The van der Waals surface area contributed by atoms with Crippen LogP contribution in [0, 0.1) is 0 Å². The SMILES string of the molecule is COc1ccc(-c2cc(Nc3ncnc(N4CCOCC4)n3)n[nH]2)cc1. The molecule has 26 heavy (non-hydrogen) atoms. The second-order valence-corrected chi connectivity index (χ2v) is 5.73. The molecule has 0 unspecified atom stereocenters. The Hall–Kier alpha value is -3.20.